The lowest BCUT2D eigenvalue weighted by atomic mass is 10.1. The number of hydrogen-bond donors (Lipinski definition) is 2. The van der Waals surface area contributed by atoms with Crippen LogP contribution in [0.3, 0.4) is 0 Å². The number of nitrogens with one attached hydrogen (secondary N) is 1. The molecule has 3 aromatic rings. The molecule has 0 amide bonds. The van der Waals surface area contributed by atoms with Crippen LogP contribution in [-0.2, 0) is 6.42 Å². The average Bonchev–Trinajstić information content (AvgIpc) is 2.87. The van der Waals surface area contributed by atoms with E-state index >= 15 is 0 Å². The van der Waals surface area contributed by atoms with Gasteiger partial charge in [-0.15, -0.1) is 11.3 Å². The molecule has 4 nitrogen and oxygen atoms in total. The Hall–Kier alpha value is -2.14. The number of anilines is 2. The van der Waals surface area contributed by atoms with E-state index in [1.54, 1.807) is 17.5 Å². The number of benzene rings is 1. The second-order valence-electron chi connectivity index (χ2n) is 4.66. The topological polar surface area (TPSA) is 63.8 Å². The summed E-state index contributed by atoms with van der Waals surface area (Å²) in [7, 11) is 0. The van der Waals surface area contributed by atoms with Crippen molar-refractivity contribution in [1.82, 2.24) is 9.97 Å². The fourth-order valence-electron chi connectivity index (χ4n) is 2.17. The van der Waals surface area contributed by atoms with Crippen molar-refractivity contribution in [2.45, 2.75) is 13.3 Å². The summed E-state index contributed by atoms with van der Waals surface area (Å²) in [5.74, 6) is 0. The molecule has 0 unspecified atom stereocenters. The highest BCUT2D eigenvalue weighted by Gasteiger charge is 2.05. The Morgan fingerprint density at radius 3 is 3.00 bits per heavy atom. The van der Waals surface area contributed by atoms with Gasteiger partial charge in [-0.3, -0.25) is 4.98 Å². The highest BCUT2D eigenvalue weighted by molar-refractivity contribution is 7.09. The normalized spacial score (nSPS) is 10.8. The lowest BCUT2D eigenvalue weighted by Gasteiger charge is -2.10. The minimum Gasteiger partial charge on any atom is -0.397 e. The number of aromatic nitrogens is 2. The van der Waals surface area contributed by atoms with Crippen LogP contribution >= 0.6 is 11.3 Å². The zero-order valence-electron chi connectivity index (χ0n) is 11.3. The van der Waals surface area contributed by atoms with Gasteiger partial charge in [0.15, 0.2) is 0 Å². The molecular formula is C15H16N4S. The minimum absolute atomic E-state index is 0.710. The van der Waals surface area contributed by atoms with Gasteiger partial charge in [-0.25, -0.2) is 4.98 Å². The molecule has 0 aliphatic rings. The number of nitrogens with two attached hydrogens (primary N) is 1. The van der Waals surface area contributed by atoms with Gasteiger partial charge < -0.3 is 11.1 Å². The van der Waals surface area contributed by atoms with Gasteiger partial charge in [0.25, 0.3) is 0 Å². The van der Waals surface area contributed by atoms with E-state index in [-0.39, 0.29) is 0 Å². The summed E-state index contributed by atoms with van der Waals surface area (Å²) in [6.07, 6.45) is 2.69. The third kappa shape index (κ3) is 2.58. The third-order valence-electron chi connectivity index (χ3n) is 3.12. The summed E-state index contributed by atoms with van der Waals surface area (Å²) in [5.41, 5.74) is 9.66. The molecule has 3 rings (SSSR count). The minimum atomic E-state index is 0.710. The first-order chi connectivity index (χ1) is 9.74. The molecule has 0 aliphatic heterocycles. The van der Waals surface area contributed by atoms with Crippen molar-refractivity contribution in [1.29, 1.82) is 0 Å². The van der Waals surface area contributed by atoms with E-state index in [1.165, 1.54) is 0 Å². The zero-order valence-corrected chi connectivity index (χ0v) is 12.1. The number of nitrogens with zero attached hydrogens (tertiary/aromatic N) is 2. The highest BCUT2D eigenvalue weighted by Crippen LogP contribution is 2.26. The standard InChI is InChI=1S/C15H16N4S/c1-10-9-20-14(19-10)6-8-17-13-5-4-12(16)15-11(13)3-2-7-18-15/h2-5,7,9,17H,6,8,16H2,1H3. The number of nitrogen functional groups attached to an aromatic ring is 1. The van der Waals surface area contributed by atoms with Gasteiger partial charge in [0, 0.05) is 41.3 Å². The molecule has 0 bridgehead atoms. The maximum absolute atomic E-state index is 5.95. The van der Waals surface area contributed by atoms with E-state index in [2.05, 4.69) is 20.7 Å². The predicted octanol–water partition coefficient (Wildman–Crippen LogP) is 3.24. The van der Waals surface area contributed by atoms with Crippen LogP contribution in [0.15, 0.2) is 35.8 Å². The van der Waals surface area contributed by atoms with Crippen LogP contribution in [0.2, 0.25) is 0 Å². The van der Waals surface area contributed by atoms with E-state index in [1.807, 2.05) is 31.2 Å². The number of hydrogen-bond acceptors (Lipinski definition) is 5. The van der Waals surface area contributed by atoms with Crippen molar-refractivity contribution in [2.75, 3.05) is 17.6 Å². The summed E-state index contributed by atoms with van der Waals surface area (Å²) >= 11 is 1.71. The van der Waals surface area contributed by atoms with Gasteiger partial charge in [0.1, 0.15) is 0 Å². The number of thiazole rings is 1. The molecule has 1 aromatic carbocycles. The van der Waals surface area contributed by atoms with Crippen LogP contribution in [-0.4, -0.2) is 16.5 Å². The largest absolute Gasteiger partial charge is 0.397 e. The fourth-order valence-corrected chi connectivity index (χ4v) is 2.95. The van der Waals surface area contributed by atoms with Crippen LogP contribution in [0, 0.1) is 6.92 Å². The van der Waals surface area contributed by atoms with Crippen LogP contribution < -0.4 is 11.1 Å². The summed E-state index contributed by atoms with van der Waals surface area (Å²) in [6, 6.07) is 7.86. The first-order valence-corrected chi connectivity index (χ1v) is 7.40. The molecular weight excluding hydrogens is 268 g/mol. The van der Waals surface area contributed by atoms with Crippen molar-refractivity contribution in [3.05, 3.63) is 46.5 Å². The number of aryl methyl sites for hydroxylation is 1. The molecule has 0 spiro atoms. The second kappa shape index (κ2) is 5.46. The molecule has 0 saturated heterocycles. The molecule has 0 radical (unpaired) electrons. The van der Waals surface area contributed by atoms with Gasteiger partial charge >= 0.3 is 0 Å². The first kappa shape index (κ1) is 12.9. The highest BCUT2D eigenvalue weighted by atomic mass is 32.1. The maximum atomic E-state index is 5.95. The van der Waals surface area contributed by atoms with Gasteiger partial charge in [-0.05, 0) is 31.2 Å². The average molecular weight is 284 g/mol. The SMILES string of the molecule is Cc1csc(CCNc2ccc(N)c3ncccc23)n1. The summed E-state index contributed by atoms with van der Waals surface area (Å²) in [4.78, 5) is 8.80. The predicted molar refractivity (Wildman–Crippen MR) is 85.2 cm³/mol. The van der Waals surface area contributed by atoms with E-state index in [0.717, 1.165) is 40.3 Å². The van der Waals surface area contributed by atoms with E-state index in [0.29, 0.717) is 5.69 Å². The van der Waals surface area contributed by atoms with Gasteiger partial charge in [-0.2, -0.15) is 0 Å². The molecule has 0 aliphatic carbocycles. The van der Waals surface area contributed by atoms with Crippen molar-refractivity contribution in [3.8, 4) is 0 Å². The lowest BCUT2D eigenvalue weighted by molar-refractivity contribution is 0.988. The van der Waals surface area contributed by atoms with Crippen molar-refractivity contribution in [2.24, 2.45) is 0 Å². The molecule has 20 heavy (non-hydrogen) atoms. The second-order valence-corrected chi connectivity index (χ2v) is 5.60. The van der Waals surface area contributed by atoms with E-state index in [9.17, 15) is 0 Å². The summed E-state index contributed by atoms with van der Waals surface area (Å²) < 4.78 is 0. The Morgan fingerprint density at radius 1 is 1.30 bits per heavy atom. The van der Waals surface area contributed by atoms with Crippen LogP contribution in [0.25, 0.3) is 10.9 Å². The summed E-state index contributed by atoms with van der Waals surface area (Å²) in [5, 5.41) is 7.74. The van der Waals surface area contributed by atoms with Crippen molar-refractivity contribution < 1.29 is 0 Å². The van der Waals surface area contributed by atoms with Crippen molar-refractivity contribution in [3.63, 3.8) is 0 Å². The zero-order chi connectivity index (χ0) is 13.9. The first-order valence-electron chi connectivity index (χ1n) is 6.52. The monoisotopic (exact) mass is 284 g/mol. The molecule has 3 N–H and O–H groups in total. The van der Waals surface area contributed by atoms with E-state index in [4.69, 9.17) is 5.73 Å². The molecule has 0 fully saturated rings. The van der Waals surface area contributed by atoms with Gasteiger partial charge in [0.05, 0.1) is 16.2 Å². The van der Waals surface area contributed by atoms with Gasteiger partial charge in [-0.1, -0.05) is 0 Å². The number of fused-ring (bicyclic) bond motifs is 1. The molecule has 0 saturated carbocycles. The number of rotatable bonds is 4. The molecule has 0 atom stereocenters. The Kier molecular flexibility index (Phi) is 3.52. The van der Waals surface area contributed by atoms with Gasteiger partial charge in [0.2, 0.25) is 0 Å². The number of pyridine rings is 1. The Bertz CT molecular complexity index is 736. The van der Waals surface area contributed by atoms with E-state index < -0.39 is 0 Å². The third-order valence-corrected chi connectivity index (χ3v) is 4.15. The van der Waals surface area contributed by atoms with Crippen molar-refractivity contribution >= 4 is 33.6 Å². The Labute approximate surface area is 121 Å². The molecule has 2 aromatic heterocycles. The molecule has 102 valence electrons. The quantitative estimate of drug-likeness (QED) is 0.722. The fraction of sp³-hybridized carbons (Fsp3) is 0.200. The molecule has 5 heteroatoms. The van der Waals surface area contributed by atoms with Crippen LogP contribution in [0.5, 0.6) is 0 Å². The maximum Gasteiger partial charge on any atom is 0.0951 e. The van der Waals surface area contributed by atoms with Crippen LogP contribution in [0.1, 0.15) is 10.7 Å². The van der Waals surface area contributed by atoms with Crippen LogP contribution in [0.4, 0.5) is 11.4 Å². The summed E-state index contributed by atoms with van der Waals surface area (Å²) in [6.45, 7) is 2.87. The Balaban J connectivity index is 1.76. The smallest absolute Gasteiger partial charge is 0.0951 e. The lowest BCUT2D eigenvalue weighted by Crippen LogP contribution is -2.05. The Morgan fingerprint density at radius 2 is 2.20 bits per heavy atom. The molecule has 2 heterocycles.